The minimum atomic E-state index is -0.451. The molecule has 1 heterocycles. The molecule has 2 aliphatic rings. The van der Waals surface area contributed by atoms with E-state index in [1.165, 1.54) is 18.4 Å². The van der Waals surface area contributed by atoms with Crippen molar-refractivity contribution in [2.75, 3.05) is 7.11 Å². The van der Waals surface area contributed by atoms with Crippen molar-refractivity contribution >= 4 is 12.4 Å². The van der Waals surface area contributed by atoms with E-state index in [1.807, 2.05) is 6.92 Å². The molecule has 0 unspecified atom stereocenters. The second-order valence-corrected chi connectivity index (χ2v) is 6.51. The average Bonchev–Trinajstić information content (AvgIpc) is 3.28. The van der Waals surface area contributed by atoms with Crippen molar-refractivity contribution in [3.63, 3.8) is 0 Å². The van der Waals surface area contributed by atoms with Crippen molar-refractivity contribution in [2.45, 2.75) is 46.1 Å². The maximum Gasteiger partial charge on any atom is 0.342 e. The summed E-state index contributed by atoms with van der Waals surface area (Å²) in [6.07, 6.45) is 6.38. The van der Waals surface area contributed by atoms with Crippen molar-refractivity contribution in [1.29, 1.82) is 0 Å². The Hall–Kier alpha value is -2.30. The first-order valence-corrected chi connectivity index (χ1v) is 8.22. The Bertz CT molecular complexity index is 713. The van der Waals surface area contributed by atoms with Crippen LogP contribution in [0.3, 0.4) is 0 Å². The summed E-state index contributed by atoms with van der Waals surface area (Å²) in [6, 6.07) is 0. The van der Waals surface area contributed by atoms with Crippen LogP contribution in [0.4, 0.5) is 0 Å². The van der Waals surface area contributed by atoms with Crippen LogP contribution >= 0.6 is 0 Å². The number of allylic oxidation sites excluding steroid dienone is 2. The number of benzene rings is 1. The molecular weight excluding hydrogens is 308 g/mol. The molecule has 1 fully saturated rings. The number of rotatable bonds is 7. The van der Waals surface area contributed by atoms with Crippen molar-refractivity contribution in [2.24, 2.45) is 5.92 Å². The second-order valence-electron chi connectivity index (χ2n) is 6.51. The predicted octanol–water partition coefficient (Wildman–Crippen LogP) is 3.50. The van der Waals surface area contributed by atoms with Gasteiger partial charge in [-0.3, -0.25) is 4.79 Å². The Morgan fingerprint density at radius 2 is 2.08 bits per heavy atom. The molecular formula is C19H22O5. The van der Waals surface area contributed by atoms with E-state index in [0.29, 0.717) is 24.2 Å². The van der Waals surface area contributed by atoms with Crippen LogP contribution in [-0.2, 0) is 22.6 Å². The van der Waals surface area contributed by atoms with Crippen LogP contribution in [0.15, 0.2) is 11.6 Å². The molecule has 1 aromatic carbocycles. The van der Waals surface area contributed by atoms with Crippen LogP contribution < -0.4 is 9.47 Å². The number of fused-ring (bicyclic) bond motifs is 1. The highest BCUT2D eigenvalue weighted by atomic mass is 16.5. The van der Waals surface area contributed by atoms with Gasteiger partial charge in [0.05, 0.1) is 7.11 Å². The van der Waals surface area contributed by atoms with Crippen LogP contribution in [0.25, 0.3) is 0 Å². The van der Waals surface area contributed by atoms with E-state index in [1.54, 1.807) is 7.11 Å². The van der Waals surface area contributed by atoms with E-state index in [-0.39, 0.29) is 12.4 Å². The summed E-state index contributed by atoms with van der Waals surface area (Å²) >= 11 is 0. The summed E-state index contributed by atoms with van der Waals surface area (Å²) in [6.45, 7) is 4.54. The van der Waals surface area contributed by atoms with E-state index in [2.05, 4.69) is 13.0 Å². The zero-order chi connectivity index (χ0) is 17.3. The molecule has 128 valence electrons. The lowest BCUT2D eigenvalue weighted by molar-refractivity contribution is -0.120. The fraction of sp³-hybridized carbons (Fsp3) is 0.474. The van der Waals surface area contributed by atoms with Gasteiger partial charge >= 0.3 is 5.97 Å². The summed E-state index contributed by atoms with van der Waals surface area (Å²) < 4.78 is 15.9. The van der Waals surface area contributed by atoms with E-state index in [9.17, 15) is 9.59 Å². The Morgan fingerprint density at radius 3 is 2.71 bits per heavy atom. The van der Waals surface area contributed by atoms with Gasteiger partial charge in [-0.2, -0.15) is 0 Å². The van der Waals surface area contributed by atoms with E-state index >= 15 is 0 Å². The lowest BCUT2D eigenvalue weighted by Gasteiger charge is -2.17. The lowest BCUT2D eigenvalue weighted by atomic mass is 9.94. The van der Waals surface area contributed by atoms with E-state index < -0.39 is 5.97 Å². The molecule has 1 saturated carbocycles. The number of ether oxygens (including phenoxy) is 3. The minimum absolute atomic E-state index is 0.183. The molecule has 0 N–H and O–H groups in total. The standard InChI is InChI=1S/C19H22O5/c1-11(8-13-5-6-13)4-7-14-17(22-3)12(2)15-9-23-19(21)16(15)18(14)24-10-20/h4,10,13H,5-9H2,1-3H3. The molecule has 24 heavy (non-hydrogen) atoms. The normalized spacial score (nSPS) is 16.6. The third-order valence-electron chi connectivity index (χ3n) is 4.75. The summed E-state index contributed by atoms with van der Waals surface area (Å²) in [5.74, 6) is 1.28. The first kappa shape index (κ1) is 16.6. The topological polar surface area (TPSA) is 61.8 Å². The molecule has 5 heteroatoms. The van der Waals surface area contributed by atoms with E-state index in [0.717, 1.165) is 29.0 Å². The zero-order valence-electron chi connectivity index (χ0n) is 14.3. The largest absolute Gasteiger partial charge is 0.496 e. The Balaban J connectivity index is 2.04. The molecule has 0 spiro atoms. The van der Waals surface area contributed by atoms with Crippen LogP contribution in [0.2, 0.25) is 0 Å². The van der Waals surface area contributed by atoms with Crippen molar-refractivity contribution in [1.82, 2.24) is 0 Å². The number of carbonyl (C=O) groups excluding carboxylic acids is 2. The highest BCUT2D eigenvalue weighted by Gasteiger charge is 2.33. The molecule has 0 radical (unpaired) electrons. The highest BCUT2D eigenvalue weighted by Crippen LogP contribution is 2.43. The number of hydrogen-bond donors (Lipinski definition) is 0. The van der Waals surface area contributed by atoms with Gasteiger partial charge < -0.3 is 14.2 Å². The summed E-state index contributed by atoms with van der Waals surface area (Å²) in [7, 11) is 1.58. The van der Waals surface area contributed by atoms with Crippen molar-refractivity contribution < 1.29 is 23.8 Å². The Morgan fingerprint density at radius 1 is 1.33 bits per heavy atom. The fourth-order valence-electron chi connectivity index (χ4n) is 3.32. The molecule has 5 nitrogen and oxygen atoms in total. The van der Waals surface area contributed by atoms with Gasteiger partial charge in [-0.15, -0.1) is 0 Å². The van der Waals surface area contributed by atoms with Crippen LogP contribution in [0.5, 0.6) is 11.5 Å². The molecule has 3 rings (SSSR count). The van der Waals surface area contributed by atoms with Gasteiger partial charge in [-0.25, -0.2) is 4.79 Å². The summed E-state index contributed by atoms with van der Waals surface area (Å²) in [5.41, 5.74) is 3.96. The third kappa shape index (κ3) is 3.03. The molecule has 0 aromatic heterocycles. The van der Waals surface area contributed by atoms with Crippen LogP contribution in [-0.4, -0.2) is 19.6 Å². The number of esters is 1. The number of hydrogen-bond acceptors (Lipinski definition) is 5. The predicted molar refractivity (Wildman–Crippen MR) is 88.3 cm³/mol. The van der Waals surface area contributed by atoms with Crippen molar-refractivity contribution in [3.8, 4) is 11.5 Å². The summed E-state index contributed by atoms with van der Waals surface area (Å²) in [5, 5.41) is 0. The van der Waals surface area contributed by atoms with Gasteiger partial charge in [-0.05, 0) is 51.0 Å². The SMILES string of the molecule is COc1c(C)c2c(c(OC=O)c1CC=C(C)CC1CC1)C(=O)OC2. The molecule has 0 amide bonds. The van der Waals surface area contributed by atoms with Gasteiger partial charge in [0.15, 0.2) is 5.75 Å². The molecule has 0 bridgehead atoms. The Kier molecular flexibility index (Phi) is 4.60. The van der Waals surface area contributed by atoms with Gasteiger partial charge in [0, 0.05) is 11.1 Å². The smallest absolute Gasteiger partial charge is 0.342 e. The molecule has 0 saturated heterocycles. The van der Waals surface area contributed by atoms with Crippen LogP contribution in [0.1, 0.15) is 53.2 Å². The Labute approximate surface area is 141 Å². The molecule has 1 aliphatic heterocycles. The van der Waals surface area contributed by atoms with E-state index in [4.69, 9.17) is 14.2 Å². The first-order valence-electron chi connectivity index (χ1n) is 8.22. The van der Waals surface area contributed by atoms with Gasteiger partial charge in [-0.1, -0.05) is 11.6 Å². The molecule has 1 aromatic rings. The maximum atomic E-state index is 12.1. The van der Waals surface area contributed by atoms with Gasteiger partial charge in [0.25, 0.3) is 6.47 Å². The van der Waals surface area contributed by atoms with Gasteiger partial charge in [0.2, 0.25) is 0 Å². The maximum absolute atomic E-state index is 12.1. The first-order chi connectivity index (χ1) is 11.6. The fourth-order valence-corrected chi connectivity index (χ4v) is 3.32. The third-order valence-corrected chi connectivity index (χ3v) is 4.75. The number of carbonyl (C=O) groups is 2. The van der Waals surface area contributed by atoms with Crippen molar-refractivity contribution in [3.05, 3.63) is 33.9 Å². The average molecular weight is 330 g/mol. The highest BCUT2D eigenvalue weighted by molar-refractivity contribution is 5.98. The quantitative estimate of drug-likeness (QED) is 0.435. The number of cyclic esters (lactones) is 1. The lowest BCUT2D eigenvalue weighted by Crippen LogP contribution is -2.07. The zero-order valence-corrected chi connectivity index (χ0v) is 14.3. The van der Waals surface area contributed by atoms with Crippen LogP contribution in [0, 0.1) is 12.8 Å². The minimum Gasteiger partial charge on any atom is -0.496 e. The van der Waals surface area contributed by atoms with Gasteiger partial charge in [0.1, 0.15) is 17.9 Å². The molecule has 0 atom stereocenters. The molecule has 1 aliphatic carbocycles. The number of methoxy groups -OCH3 is 1. The second kappa shape index (κ2) is 6.67. The monoisotopic (exact) mass is 330 g/mol. The summed E-state index contributed by atoms with van der Waals surface area (Å²) in [4.78, 5) is 23.1.